The first-order valence-electron chi connectivity index (χ1n) is 3.88. The van der Waals surface area contributed by atoms with E-state index in [9.17, 15) is 4.39 Å². The van der Waals surface area contributed by atoms with Crippen LogP contribution in [0, 0.1) is 5.95 Å². The zero-order valence-corrected chi connectivity index (χ0v) is 7.13. The molecular weight excluding hydrogens is 143 g/mol. The third-order valence-corrected chi connectivity index (χ3v) is 1.67. The van der Waals surface area contributed by atoms with Crippen LogP contribution in [-0.2, 0) is 6.42 Å². The summed E-state index contributed by atoms with van der Waals surface area (Å²) in [4.78, 5) is 0. The molecular formula is C8H13FN2. The number of aromatic nitrogens is 2. The average molecular weight is 156 g/mol. The number of hydrogen-bond donors (Lipinski definition) is 0. The molecule has 1 aromatic rings. The van der Waals surface area contributed by atoms with E-state index in [-0.39, 0.29) is 12.0 Å². The highest BCUT2D eigenvalue weighted by molar-refractivity contribution is 5.06. The maximum absolute atomic E-state index is 13.2. The number of nitrogens with zero attached hydrogens (tertiary/aromatic N) is 2. The third kappa shape index (κ3) is 1.42. The van der Waals surface area contributed by atoms with Crippen LogP contribution in [0.2, 0.25) is 0 Å². The Morgan fingerprint density at radius 2 is 2.27 bits per heavy atom. The maximum Gasteiger partial charge on any atom is 0.214 e. The van der Waals surface area contributed by atoms with Gasteiger partial charge in [0.2, 0.25) is 5.95 Å². The van der Waals surface area contributed by atoms with Crippen LogP contribution in [0.15, 0.2) is 6.20 Å². The Balaban J connectivity index is 3.00. The van der Waals surface area contributed by atoms with Crippen LogP contribution in [0.25, 0.3) is 0 Å². The van der Waals surface area contributed by atoms with Crippen molar-refractivity contribution in [2.24, 2.45) is 0 Å². The fourth-order valence-electron chi connectivity index (χ4n) is 0.980. The molecule has 3 heteroatoms. The summed E-state index contributed by atoms with van der Waals surface area (Å²) in [6, 6.07) is 0.107. The molecule has 0 bridgehead atoms. The molecule has 1 aromatic heterocycles. The Hall–Kier alpha value is -0.860. The topological polar surface area (TPSA) is 17.8 Å². The molecule has 0 aliphatic heterocycles. The molecule has 0 spiro atoms. The van der Waals surface area contributed by atoms with E-state index in [1.54, 1.807) is 6.20 Å². The van der Waals surface area contributed by atoms with E-state index < -0.39 is 0 Å². The normalized spacial score (nSPS) is 11.0. The van der Waals surface area contributed by atoms with Crippen LogP contribution in [0.4, 0.5) is 4.39 Å². The minimum Gasteiger partial charge on any atom is -0.237 e. The summed E-state index contributed by atoms with van der Waals surface area (Å²) in [5.74, 6) is -0.192. The molecule has 0 radical (unpaired) electrons. The first kappa shape index (κ1) is 8.24. The Morgan fingerprint density at radius 3 is 2.55 bits per heavy atom. The number of hydrogen-bond acceptors (Lipinski definition) is 1. The quantitative estimate of drug-likeness (QED) is 0.641. The zero-order valence-electron chi connectivity index (χ0n) is 7.13. The first-order chi connectivity index (χ1) is 5.16. The number of aryl methyl sites for hydroxylation is 1. The molecule has 0 aromatic carbocycles. The van der Waals surface area contributed by atoms with Crippen molar-refractivity contribution >= 4 is 0 Å². The first-order valence-corrected chi connectivity index (χ1v) is 3.88. The SMILES string of the molecule is CCc1cnn(C(C)C)c1F. The Kier molecular flexibility index (Phi) is 2.27. The highest BCUT2D eigenvalue weighted by atomic mass is 19.1. The molecule has 2 nitrogen and oxygen atoms in total. The second-order valence-corrected chi connectivity index (χ2v) is 2.85. The van der Waals surface area contributed by atoms with E-state index in [1.165, 1.54) is 4.68 Å². The van der Waals surface area contributed by atoms with Crippen molar-refractivity contribution in [1.29, 1.82) is 0 Å². The van der Waals surface area contributed by atoms with Gasteiger partial charge in [0.25, 0.3) is 0 Å². The van der Waals surface area contributed by atoms with Gasteiger partial charge in [-0.05, 0) is 20.3 Å². The van der Waals surface area contributed by atoms with Gasteiger partial charge in [-0.25, -0.2) is 4.68 Å². The van der Waals surface area contributed by atoms with Crippen molar-refractivity contribution in [1.82, 2.24) is 9.78 Å². The summed E-state index contributed by atoms with van der Waals surface area (Å²) in [6.07, 6.45) is 2.30. The lowest BCUT2D eigenvalue weighted by Gasteiger charge is -2.04. The summed E-state index contributed by atoms with van der Waals surface area (Å²) in [5, 5.41) is 3.93. The summed E-state index contributed by atoms with van der Waals surface area (Å²) < 4.78 is 14.6. The molecule has 0 saturated heterocycles. The van der Waals surface area contributed by atoms with E-state index in [4.69, 9.17) is 0 Å². The van der Waals surface area contributed by atoms with E-state index >= 15 is 0 Å². The van der Waals surface area contributed by atoms with Gasteiger partial charge in [0.05, 0.1) is 6.20 Å². The van der Waals surface area contributed by atoms with E-state index in [0.29, 0.717) is 12.0 Å². The van der Waals surface area contributed by atoms with Crippen LogP contribution in [0.3, 0.4) is 0 Å². The van der Waals surface area contributed by atoms with E-state index in [1.807, 2.05) is 20.8 Å². The van der Waals surface area contributed by atoms with E-state index in [2.05, 4.69) is 5.10 Å². The van der Waals surface area contributed by atoms with Gasteiger partial charge in [-0.2, -0.15) is 9.49 Å². The van der Waals surface area contributed by atoms with Crippen LogP contribution >= 0.6 is 0 Å². The van der Waals surface area contributed by atoms with Crippen molar-refractivity contribution in [3.05, 3.63) is 17.7 Å². The van der Waals surface area contributed by atoms with Gasteiger partial charge in [0, 0.05) is 11.6 Å². The molecule has 11 heavy (non-hydrogen) atoms. The lowest BCUT2D eigenvalue weighted by atomic mass is 10.3. The van der Waals surface area contributed by atoms with Crippen molar-refractivity contribution in [2.75, 3.05) is 0 Å². The van der Waals surface area contributed by atoms with Crippen LogP contribution in [-0.4, -0.2) is 9.78 Å². The summed E-state index contributed by atoms with van der Waals surface area (Å²) in [7, 11) is 0. The maximum atomic E-state index is 13.2. The van der Waals surface area contributed by atoms with Crippen molar-refractivity contribution in [2.45, 2.75) is 33.2 Å². The summed E-state index contributed by atoms with van der Waals surface area (Å²) in [5.41, 5.74) is 0.693. The van der Waals surface area contributed by atoms with Crippen LogP contribution in [0.5, 0.6) is 0 Å². The minimum atomic E-state index is -0.192. The zero-order chi connectivity index (χ0) is 8.43. The lowest BCUT2D eigenvalue weighted by Crippen LogP contribution is -2.05. The van der Waals surface area contributed by atoms with Gasteiger partial charge >= 0.3 is 0 Å². The van der Waals surface area contributed by atoms with Crippen LogP contribution < -0.4 is 0 Å². The molecule has 0 aliphatic carbocycles. The molecule has 0 N–H and O–H groups in total. The standard InChI is InChI=1S/C8H13FN2/c1-4-7-5-10-11(6(2)3)8(7)9/h5-6H,4H2,1-3H3. The second kappa shape index (κ2) is 3.03. The molecule has 0 saturated carbocycles. The second-order valence-electron chi connectivity index (χ2n) is 2.85. The Bertz CT molecular complexity index is 240. The Labute approximate surface area is 66.0 Å². The minimum absolute atomic E-state index is 0.107. The van der Waals surface area contributed by atoms with Gasteiger partial charge in [0.15, 0.2) is 0 Å². The van der Waals surface area contributed by atoms with Gasteiger partial charge in [-0.15, -0.1) is 0 Å². The molecule has 1 heterocycles. The van der Waals surface area contributed by atoms with Gasteiger partial charge in [-0.1, -0.05) is 6.92 Å². The summed E-state index contributed by atoms with van der Waals surface area (Å²) >= 11 is 0. The van der Waals surface area contributed by atoms with Gasteiger partial charge in [-0.3, -0.25) is 0 Å². The number of rotatable bonds is 2. The van der Waals surface area contributed by atoms with Crippen molar-refractivity contribution in [3.63, 3.8) is 0 Å². The van der Waals surface area contributed by atoms with Crippen molar-refractivity contribution < 1.29 is 4.39 Å². The largest absolute Gasteiger partial charge is 0.237 e. The molecule has 0 aliphatic rings. The molecule has 0 fully saturated rings. The predicted molar refractivity (Wildman–Crippen MR) is 41.9 cm³/mol. The molecule has 62 valence electrons. The predicted octanol–water partition coefficient (Wildman–Crippen LogP) is 2.17. The molecule has 0 unspecified atom stereocenters. The fourth-order valence-corrected chi connectivity index (χ4v) is 0.980. The Morgan fingerprint density at radius 1 is 1.64 bits per heavy atom. The monoisotopic (exact) mass is 156 g/mol. The van der Waals surface area contributed by atoms with Gasteiger partial charge < -0.3 is 0 Å². The van der Waals surface area contributed by atoms with Crippen molar-refractivity contribution in [3.8, 4) is 0 Å². The highest BCUT2D eigenvalue weighted by Gasteiger charge is 2.09. The van der Waals surface area contributed by atoms with Gasteiger partial charge in [0.1, 0.15) is 0 Å². The highest BCUT2D eigenvalue weighted by Crippen LogP contribution is 2.11. The molecule has 0 atom stereocenters. The number of halogens is 1. The fraction of sp³-hybridized carbons (Fsp3) is 0.625. The summed E-state index contributed by atoms with van der Waals surface area (Å²) in [6.45, 7) is 5.75. The molecule has 0 amide bonds. The third-order valence-electron chi connectivity index (χ3n) is 1.67. The average Bonchev–Trinajstić information content (AvgIpc) is 2.30. The molecule has 1 rings (SSSR count). The van der Waals surface area contributed by atoms with Crippen LogP contribution in [0.1, 0.15) is 32.4 Å². The lowest BCUT2D eigenvalue weighted by molar-refractivity contribution is 0.411. The smallest absolute Gasteiger partial charge is 0.214 e. The van der Waals surface area contributed by atoms with E-state index in [0.717, 1.165) is 0 Å².